The molecule has 140 valence electrons. The summed E-state index contributed by atoms with van der Waals surface area (Å²) >= 11 is 5.32. The molecule has 1 aliphatic carbocycles. The second-order valence-electron chi connectivity index (χ2n) is 6.89. The number of carbonyl (C=O) groups excluding carboxylic acids is 1. The summed E-state index contributed by atoms with van der Waals surface area (Å²) in [5.41, 5.74) is 2.16. The van der Waals surface area contributed by atoms with Crippen molar-refractivity contribution in [2.75, 3.05) is 6.61 Å². The Morgan fingerprint density at radius 2 is 2.08 bits per heavy atom. The molecule has 0 radical (unpaired) electrons. The van der Waals surface area contributed by atoms with Crippen LogP contribution >= 0.6 is 12.2 Å². The van der Waals surface area contributed by atoms with E-state index in [1.807, 2.05) is 38.1 Å². The minimum atomic E-state index is -0.393. The lowest BCUT2D eigenvalue weighted by Crippen LogP contribution is -2.45. The van der Waals surface area contributed by atoms with E-state index in [0.717, 1.165) is 36.3 Å². The summed E-state index contributed by atoms with van der Waals surface area (Å²) in [6.45, 7) is 6.49. The molecule has 0 spiro atoms. The molecular formula is C20H26N2O3S. The highest BCUT2D eigenvalue weighted by Crippen LogP contribution is 2.35. The van der Waals surface area contributed by atoms with Crippen LogP contribution in [0.5, 0.6) is 5.75 Å². The van der Waals surface area contributed by atoms with Crippen LogP contribution in [0.4, 0.5) is 0 Å². The van der Waals surface area contributed by atoms with Crippen molar-refractivity contribution in [1.82, 2.24) is 10.6 Å². The molecule has 0 saturated heterocycles. The van der Waals surface area contributed by atoms with Crippen molar-refractivity contribution in [1.29, 1.82) is 0 Å². The van der Waals surface area contributed by atoms with Crippen molar-refractivity contribution in [3.63, 3.8) is 0 Å². The summed E-state index contributed by atoms with van der Waals surface area (Å²) in [5, 5.41) is 6.76. The van der Waals surface area contributed by atoms with Crippen molar-refractivity contribution in [2.45, 2.75) is 52.2 Å². The largest absolute Gasteiger partial charge is 0.494 e. The monoisotopic (exact) mass is 374 g/mol. The third kappa shape index (κ3) is 3.85. The van der Waals surface area contributed by atoms with Gasteiger partial charge >= 0.3 is 5.97 Å². The number of hydrogen-bond acceptors (Lipinski definition) is 4. The molecule has 0 amide bonds. The highest BCUT2D eigenvalue weighted by Gasteiger charge is 2.35. The number of nitrogens with one attached hydrogen (secondary N) is 2. The number of hydrogen-bond donors (Lipinski definition) is 2. The van der Waals surface area contributed by atoms with Crippen LogP contribution in [0.3, 0.4) is 0 Å². The summed E-state index contributed by atoms with van der Waals surface area (Å²) < 4.78 is 11.6. The Bertz CT molecular complexity index is 732. The predicted molar refractivity (Wildman–Crippen MR) is 105 cm³/mol. The third-order valence-electron chi connectivity index (χ3n) is 5.06. The molecule has 1 aromatic carbocycles. The van der Waals surface area contributed by atoms with E-state index in [4.69, 9.17) is 21.7 Å². The van der Waals surface area contributed by atoms with E-state index in [9.17, 15) is 4.79 Å². The number of esters is 1. The lowest BCUT2D eigenvalue weighted by molar-refractivity contribution is -0.146. The van der Waals surface area contributed by atoms with E-state index in [0.29, 0.717) is 23.2 Å². The zero-order valence-corrected chi connectivity index (χ0v) is 16.3. The maximum absolute atomic E-state index is 13.0. The van der Waals surface area contributed by atoms with Gasteiger partial charge in [0.25, 0.3) is 0 Å². The van der Waals surface area contributed by atoms with Crippen LogP contribution in [-0.2, 0) is 9.53 Å². The SMILES string of the molecule is CCOc1ccccc1[C@H]1NC(=S)NC(C)=C1C(=O)O[C@@H]1CCC[C@@H]1C. The number of rotatable bonds is 5. The van der Waals surface area contributed by atoms with Gasteiger partial charge in [0.05, 0.1) is 18.2 Å². The summed E-state index contributed by atoms with van der Waals surface area (Å²) in [5.74, 6) is 0.851. The second-order valence-corrected chi connectivity index (χ2v) is 7.30. The van der Waals surface area contributed by atoms with E-state index < -0.39 is 6.04 Å². The van der Waals surface area contributed by atoms with Gasteiger partial charge in [-0.3, -0.25) is 0 Å². The Morgan fingerprint density at radius 1 is 1.31 bits per heavy atom. The summed E-state index contributed by atoms with van der Waals surface area (Å²) in [4.78, 5) is 13.0. The minimum Gasteiger partial charge on any atom is -0.494 e. The summed E-state index contributed by atoms with van der Waals surface area (Å²) in [6.07, 6.45) is 3.12. The van der Waals surface area contributed by atoms with Crippen LogP contribution in [0, 0.1) is 5.92 Å². The van der Waals surface area contributed by atoms with Gasteiger partial charge in [0.2, 0.25) is 0 Å². The molecule has 0 bridgehead atoms. The first-order chi connectivity index (χ1) is 12.5. The first kappa shape index (κ1) is 18.7. The van der Waals surface area contributed by atoms with Crippen molar-refractivity contribution in [3.05, 3.63) is 41.1 Å². The highest BCUT2D eigenvalue weighted by atomic mass is 32.1. The molecule has 5 nitrogen and oxygen atoms in total. The quantitative estimate of drug-likeness (QED) is 0.606. The van der Waals surface area contributed by atoms with E-state index in [1.54, 1.807) is 0 Å². The average molecular weight is 375 g/mol. The molecule has 3 rings (SSSR count). The fourth-order valence-corrected chi connectivity index (χ4v) is 3.96. The van der Waals surface area contributed by atoms with Crippen molar-refractivity contribution in [3.8, 4) is 5.75 Å². The Kier molecular flexibility index (Phi) is 5.81. The molecular weight excluding hydrogens is 348 g/mol. The van der Waals surface area contributed by atoms with Crippen LogP contribution in [-0.4, -0.2) is 23.8 Å². The first-order valence-electron chi connectivity index (χ1n) is 9.22. The molecule has 1 aromatic rings. The van der Waals surface area contributed by atoms with Crippen LogP contribution in [0.25, 0.3) is 0 Å². The summed E-state index contributed by atoms with van der Waals surface area (Å²) in [7, 11) is 0. The molecule has 0 aromatic heterocycles. The second kappa shape index (κ2) is 8.08. The van der Waals surface area contributed by atoms with Gasteiger partial charge in [0.1, 0.15) is 11.9 Å². The molecule has 26 heavy (non-hydrogen) atoms. The fourth-order valence-electron chi connectivity index (χ4n) is 3.69. The number of allylic oxidation sites excluding steroid dienone is 1. The van der Waals surface area contributed by atoms with Gasteiger partial charge in [-0.05, 0) is 57.3 Å². The number of thiocarbonyl (C=S) groups is 1. The van der Waals surface area contributed by atoms with Crippen LogP contribution < -0.4 is 15.4 Å². The van der Waals surface area contributed by atoms with Crippen LogP contribution in [0.2, 0.25) is 0 Å². The normalized spacial score (nSPS) is 25.5. The van der Waals surface area contributed by atoms with Crippen LogP contribution in [0.15, 0.2) is 35.5 Å². The number of benzene rings is 1. The van der Waals surface area contributed by atoms with E-state index >= 15 is 0 Å². The smallest absolute Gasteiger partial charge is 0.338 e. The van der Waals surface area contributed by atoms with Crippen LogP contribution in [0.1, 0.15) is 51.6 Å². The zero-order valence-electron chi connectivity index (χ0n) is 15.5. The van der Waals surface area contributed by atoms with Crippen molar-refractivity contribution in [2.24, 2.45) is 5.92 Å². The third-order valence-corrected chi connectivity index (χ3v) is 5.28. The lowest BCUT2D eigenvalue weighted by atomic mass is 9.94. The maximum atomic E-state index is 13.0. The Hall–Kier alpha value is -2.08. The van der Waals surface area contributed by atoms with Gasteiger partial charge in [0.15, 0.2) is 5.11 Å². The molecule has 1 heterocycles. The Balaban J connectivity index is 1.93. The lowest BCUT2D eigenvalue weighted by Gasteiger charge is -2.31. The maximum Gasteiger partial charge on any atom is 0.338 e. The first-order valence-corrected chi connectivity index (χ1v) is 9.63. The van der Waals surface area contributed by atoms with Gasteiger partial charge in [-0.25, -0.2) is 4.79 Å². The summed E-state index contributed by atoms with van der Waals surface area (Å²) in [6, 6.07) is 7.32. The topological polar surface area (TPSA) is 59.6 Å². The number of para-hydroxylation sites is 1. The van der Waals surface area contributed by atoms with Gasteiger partial charge in [-0.15, -0.1) is 0 Å². The van der Waals surface area contributed by atoms with Crippen molar-refractivity contribution >= 4 is 23.3 Å². The van der Waals surface area contributed by atoms with Gasteiger partial charge < -0.3 is 20.1 Å². The van der Waals surface area contributed by atoms with Gasteiger partial charge in [-0.2, -0.15) is 0 Å². The highest BCUT2D eigenvalue weighted by molar-refractivity contribution is 7.80. The minimum absolute atomic E-state index is 0.0144. The van der Waals surface area contributed by atoms with Gasteiger partial charge in [-0.1, -0.05) is 25.1 Å². The molecule has 1 saturated carbocycles. The van der Waals surface area contributed by atoms with Crippen molar-refractivity contribution < 1.29 is 14.3 Å². The van der Waals surface area contributed by atoms with E-state index in [2.05, 4.69) is 17.6 Å². The molecule has 6 heteroatoms. The van der Waals surface area contributed by atoms with E-state index in [1.165, 1.54) is 0 Å². The molecule has 2 N–H and O–H groups in total. The van der Waals surface area contributed by atoms with E-state index in [-0.39, 0.29) is 12.1 Å². The fraction of sp³-hybridized carbons (Fsp3) is 0.500. The molecule has 2 aliphatic rings. The molecule has 1 aliphatic heterocycles. The molecule has 0 unspecified atom stereocenters. The molecule has 1 fully saturated rings. The van der Waals surface area contributed by atoms with Gasteiger partial charge in [0, 0.05) is 11.3 Å². The predicted octanol–water partition coefficient (Wildman–Crippen LogP) is 3.61. The standard InChI is InChI=1S/C20H26N2O3S/c1-4-24-16-10-6-5-9-14(16)18-17(13(3)21-20(26)22-18)19(23)25-15-11-7-8-12(15)2/h5-6,9-10,12,15,18H,4,7-8,11H2,1-3H3,(H2,21,22,26)/t12-,15+,18+/m0/s1. The Morgan fingerprint density at radius 3 is 2.77 bits per heavy atom. The molecule has 3 atom stereocenters. The number of carbonyl (C=O) groups is 1. The number of ether oxygens (including phenoxy) is 2. The Labute approximate surface area is 160 Å². The zero-order chi connectivity index (χ0) is 18.7. The average Bonchev–Trinajstić information content (AvgIpc) is 2.99.